The van der Waals surface area contributed by atoms with E-state index in [0.717, 1.165) is 0 Å². The molecule has 0 aliphatic carbocycles. The van der Waals surface area contributed by atoms with Gasteiger partial charge in [-0.15, -0.1) is 0 Å². The molecule has 2 unspecified atom stereocenters. The number of hydrogen-bond acceptors (Lipinski definition) is 5. The molecule has 0 radical (unpaired) electrons. The van der Waals surface area contributed by atoms with E-state index in [1.807, 2.05) is 6.07 Å². The van der Waals surface area contributed by atoms with Crippen molar-refractivity contribution >= 4 is 12.6 Å². The molecule has 0 spiro atoms. The largest absolute Gasteiger partial charge is 0.390 e. The number of pyridine rings is 1. The topological polar surface area (TPSA) is 77.1 Å². The van der Waals surface area contributed by atoms with Gasteiger partial charge >= 0.3 is 0 Å². The van der Waals surface area contributed by atoms with Gasteiger partial charge in [-0.2, -0.15) is 17.9 Å². The van der Waals surface area contributed by atoms with Gasteiger partial charge in [0.15, 0.2) is 0 Å². The van der Waals surface area contributed by atoms with Crippen LogP contribution in [0.2, 0.25) is 0 Å². The van der Waals surface area contributed by atoms with E-state index in [2.05, 4.69) is 17.6 Å². The minimum atomic E-state index is -1.06. The molecule has 2 N–H and O–H groups in total. The molecular formula is C10H12N2O2S. The van der Waals surface area contributed by atoms with Crippen molar-refractivity contribution in [1.82, 2.24) is 4.98 Å². The fourth-order valence-electron chi connectivity index (χ4n) is 1.17. The van der Waals surface area contributed by atoms with Crippen molar-refractivity contribution in [2.45, 2.75) is 18.6 Å². The predicted octanol–water partition coefficient (Wildman–Crippen LogP) is 0.667. The summed E-state index contributed by atoms with van der Waals surface area (Å²) in [6.07, 6.45) is -1.59. The van der Waals surface area contributed by atoms with E-state index >= 15 is 0 Å². The van der Waals surface area contributed by atoms with Crippen LogP contribution in [0.4, 0.5) is 0 Å². The Morgan fingerprint density at radius 2 is 2.20 bits per heavy atom. The molecule has 1 aromatic heterocycles. The average Bonchev–Trinajstić information content (AvgIpc) is 2.28. The lowest BCUT2D eigenvalue weighted by atomic mass is 10.1. The number of aliphatic hydroxyl groups is 2. The predicted molar refractivity (Wildman–Crippen MR) is 58.4 cm³/mol. The number of nitrogens with zero attached hydrogens (tertiary/aromatic N) is 2. The Morgan fingerprint density at radius 1 is 1.47 bits per heavy atom. The Bertz CT molecular complexity index is 365. The lowest BCUT2D eigenvalue weighted by molar-refractivity contribution is 0.0146. The maximum atomic E-state index is 9.68. The number of thiol groups is 1. The highest BCUT2D eigenvalue weighted by Crippen LogP contribution is 2.17. The van der Waals surface area contributed by atoms with Crippen molar-refractivity contribution in [3.8, 4) is 6.07 Å². The Balaban J connectivity index is 2.82. The fraction of sp³-hybridized carbons (Fsp3) is 0.400. The number of hydrogen-bond donors (Lipinski definition) is 3. The Hall–Kier alpha value is -1.09. The van der Waals surface area contributed by atoms with Crippen LogP contribution in [0.25, 0.3) is 0 Å². The zero-order valence-corrected chi connectivity index (χ0v) is 8.93. The first-order valence-corrected chi connectivity index (χ1v) is 5.16. The Morgan fingerprint density at radius 3 is 2.80 bits per heavy atom. The normalized spacial score (nSPS) is 14.3. The van der Waals surface area contributed by atoms with Gasteiger partial charge in [0, 0.05) is 0 Å². The van der Waals surface area contributed by atoms with Gasteiger partial charge in [-0.05, 0) is 24.3 Å². The molecule has 1 heterocycles. The first-order valence-electron chi connectivity index (χ1n) is 4.53. The molecule has 0 fully saturated rings. The lowest BCUT2D eigenvalue weighted by Crippen LogP contribution is -2.19. The first-order chi connectivity index (χ1) is 7.19. The van der Waals surface area contributed by atoms with Crippen LogP contribution in [-0.2, 0) is 0 Å². The molecule has 0 aliphatic rings. The highest BCUT2D eigenvalue weighted by atomic mass is 32.1. The van der Waals surface area contributed by atoms with E-state index in [1.165, 1.54) is 0 Å². The van der Waals surface area contributed by atoms with Crippen LogP contribution in [-0.4, -0.2) is 27.1 Å². The highest BCUT2D eigenvalue weighted by Gasteiger charge is 2.18. The molecule has 2 atom stereocenters. The molecule has 0 aromatic carbocycles. The highest BCUT2D eigenvalue weighted by molar-refractivity contribution is 7.80. The smallest absolute Gasteiger partial charge is 0.140 e. The van der Waals surface area contributed by atoms with E-state index in [-0.39, 0.29) is 5.69 Å². The monoisotopic (exact) mass is 224 g/mol. The van der Waals surface area contributed by atoms with Gasteiger partial charge in [0.05, 0.1) is 11.8 Å². The van der Waals surface area contributed by atoms with E-state index < -0.39 is 12.2 Å². The minimum absolute atomic E-state index is 0.227. The van der Waals surface area contributed by atoms with Crippen LogP contribution in [0.1, 0.15) is 23.9 Å². The van der Waals surface area contributed by atoms with Crippen LogP contribution in [0.15, 0.2) is 18.2 Å². The van der Waals surface area contributed by atoms with Gasteiger partial charge in [-0.3, -0.25) is 0 Å². The zero-order chi connectivity index (χ0) is 11.3. The van der Waals surface area contributed by atoms with Crippen LogP contribution >= 0.6 is 12.6 Å². The molecule has 5 heteroatoms. The molecule has 4 nitrogen and oxygen atoms in total. The van der Waals surface area contributed by atoms with Crippen LogP contribution in [0.3, 0.4) is 0 Å². The van der Waals surface area contributed by atoms with Crippen molar-refractivity contribution < 1.29 is 10.2 Å². The molecule has 0 saturated heterocycles. The molecule has 1 aromatic rings. The molecule has 0 aliphatic heterocycles. The van der Waals surface area contributed by atoms with Gasteiger partial charge in [0.1, 0.15) is 17.9 Å². The van der Waals surface area contributed by atoms with Crippen molar-refractivity contribution in [3.63, 3.8) is 0 Å². The van der Waals surface area contributed by atoms with Crippen LogP contribution in [0.5, 0.6) is 0 Å². The molecule has 15 heavy (non-hydrogen) atoms. The van der Waals surface area contributed by atoms with E-state index in [9.17, 15) is 10.2 Å². The van der Waals surface area contributed by atoms with Crippen LogP contribution in [0, 0.1) is 11.3 Å². The van der Waals surface area contributed by atoms with E-state index in [0.29, 0.717) is 17.9 Å². The Labute approximate surface area is 93.6 Å². The fourth-order valence-corrected chi connectivity index (χ4v) is 1.43. The molecular weight excluding hydrogens is 212 g/mol. The summed E-state index contributed by atoms with van der Waals surface area (Å²) in [7, 11) is 0. The minimum Gasteiger partial charge on any atom is -0.390 e. The summed E-state index contributed by atoms with van der Waals surface area (Å²) in [5.41, 5.74) is 0.535. The summed E-state index contributed by atoms with van der Waals surface area (Å²) in [5, 5.41) is 27.8. The number of aliphatic hydroxyl groups excluding tert-OH is 2. The zero-order valence-electron chi connectivity index (χ0n) is 8.04. The second-order valence-electron chi connectivity index (χ2n) is 3.08. The van der Waals surface area contributed by atoms with Gasteiger partial charge in [-0.25, -0.2) is 4.98 Å². The van der Waals surface area contributed by atoms with E-state index in [4.69, 9.17) is 5.26 Å². The maximum Gasteiger partial charge on any atom is 0.140 e. The molecule has 1 rings (SSSR count). The van der Waals surface area contributed by atoms with Gasteiger partial charge in [0.2, 0.25) is 0 Å². The average molecular weight is 224 g/mol. The van der Waals surface area contributed by atoms with Gasteiger partial charge < -0.3 is 10.2 Å². The van der Waals surface area contributed by atoms with Crippen LogP contribution < -0.4 is 0 Å². The van der Waals surface area contributed by atoms with Crippen molar-refractivity contribution in [1.29, 1.82) is 5.26 Å². The molecule has 0 saturated carbocycles. The van der Waals surface area contributed by atoms with Crippen molar-refractivity contribution in [3.05, 3.63) is 29.6 Å². The summed E-state index contributed by atoms with van der Waals surface area (Å²) in [6, 6.07) is 6.62. The third-order valence-corrected chi connectivity index (χ3v) is 2.24. The molecule has 0 amide bonds. The number of aromatic nitrogens is 1. The maximum absolute atomic E-state index is 9.68. The summed E-state index contributed by atoms with van der Waals surface area (Å²) >= 11 is 3.96. The number of rotatable bonds is 4. The standard InChI is InChI=1S/C10H12N2O2S/c11-6-7-2-1-3-8(12-7)10(14)9(13)4-5-15/h1-3,9-10,13-15H,4-5H2. The third-order valence-electron chi connectivity index (χ3n) is 1.98. The summed E-state index contributed by atoms with van der Waals surface area (Å²) < 4.78 is 0. The number of nitriles is 1. The quantitative estimate of drug-likeness (QED) is 0.657. The molecule has 0 bridgehead atoms. The van der Waals surface area contributed by atoms with Gasteiger partial charge in [-0.1, -0.05) is 6.07 Å². The van der Waals surface area contributed by atoms with Gasteiger partial charge in [0.25, 0.3) is 0 Å². The first kappa shape index (κ1) is 12.0. The second-order valence-corrected chi connectivity index (χ2v) is 3.53. The summed E-state index contributed by atoms with van der Waals surface area (Å²) in [6.45, 7) is 0. The molecule has 80 valence electrons. The third kappa shape index (κ3) is 3.20. The summed E-state index contributed by atoms with van der Waals surface area (Å²) in [5.74, 6) is 0.482. The lowest BCUT2D eigenvalue weighted by Gasteiger charge is -2.16. The van der Waals surface area contributed by atoms with Crippen molar-refractivity contribution in [2.24, 2.45) is 0 Å². The SMILES string of the molecule is N#Cc1cccc(C(O)C(O)CCS)n1. The second kappa shape index (κ2) is 5.71. The van der Waals surface area contributed by atoms with E-state index in [1.54, 1.807) is 18.2 Å². The Kier molecular flexibility index (Phi) is 4.56. The van der Waals surface area contributed by atoms with Crippen molar-refractivity contribution in [2.75, 3.05) is 5.75 Å². The summed E-state index contributed by atoms with van der Waals surface area (Å²) in [4.78, 5) is 3.90.